The zero-order valence-corrected chi connectivity index (χ0v) is 50.9. The Hall–Kier alpha value is -1.11. The van der Waals surface area contributed by atoms with Gasteiger partial charge in [0.1, 0.15) is 0 Å². The Kier molecular flexibility index (Phi) is 56.7. The molecule has 72 heavy (non-hydrogen) atoms. The third-order valence-electron chi connectivity index (χ3n) is 15.7. The number of amides is 1. The second-order valence-corrected chi connectivity index (χ2v) is 23.5. The molecule has 0 aromatic rings. The van der Waals surface area contributed by atoms with Gasteiger partial charge in [-0.3, -0.25) is 14.4 Å². The molecule has 0 aliphatic rings. The van der Waals surface area contributed by atoms with Crippen molar-refractivity contribution in [2.45, 2.75) is 362 Å². The van der Waals surface area contributed by atoms with E-state index in [0.717, 1.165) is 63.2 Å². The van der Waals surface area contributed by atoms with Crippen molar-refractivity contribution in [3.8, 4) is 0 Å². The lowest BCUT2D eigenvalue weighted by molar-refractivity contribution is -0.146. The van der Waals surface area contributed by atoms with Gasteiger partial charge < -0.3 is 14.4 Å². The molecule has 0 aromatic heterocycles. The summed E-state index contributed by atoms with van der Waals surface area (Å²) in [7, 11) is 0. The Labute approximate surface area is 458 Å². The van der Waals surface area contributed by atoms with Gasteiger partial charge in [-0.25, -0.2) is 0 Å². The van der Waals surface area contributed by atoms with Crippen LogP contribution in [-0.4, -0.2) is 53.9 Å². The van der Waals surface area contributed by atoms with Gasteiger partial charge in [-0.15, -0.1) is 0 Å². The predicted octanol–water partition coefficient (Wildman–Crippen LogP) is 21.5. The van der Waals surface area contributed by atoms with E-state index in [2.05, 4.69) is 55.4 Å². The topological polar surface area (TPSA) is 72.9 Å². The number of carbonyl (C=O) groups is 3. The van der Waals surface area contributed by atoms with Crippen LogP contribution in [0.25, 0.3) is 0 Å². The van der Waals surface area contributed by atoms with Crippen LogP contribution in [0.4, 0.5) is 0 Å². The molecule has 1 amide bonds. The molecule has 0 aromatic carbocycles. The molecule has 0 radical (unpaired) electrons. The van der Waals surface area contributed by atoms with Crippen LogP contribution >= 0.6 is 15.9 Å². The zero-order chi connectivity index (χ0) is 52.6. The summed E-state index contributed by atoms with van der Waals surface area (Å²) in [6.07, 6.45) is 59.5. The first-order valence-electron chi connectivity index (χ1n) is 32.5. The fourth-order valence-corrected chi connectivity index (χ4v) is 11.1. The third kappa shape index (κ3) is 48.5. The summed E-state index contributed by atoms with van der Waals surface area (Å²) < 4.78 is 11.8. The molecule has 0 spiro atoms. The molecular formula is C65H126BrNO5. The maximum atomic E-state index is 13.8. The maximum Gasteiger partial charge on any atom is 0.305 e. The Morgan fingerprint density at radius 3 is 0.944 bits per heavy atom. The highest BCUT2D eigenvalue weighted by Gasteiger charge is 2.23. The van der Waals surface area contributed by atoms with Gasteiger partial charge in [-0.05, 0) is 76.0 Å². The average Bonchev–Trinajstić information content (AvgIpc) is 3.38. The maximum absolute atomic E-state index is 13.8. The van der Waals surface area contributed by atoms with Gasteiger partial charge in [0, 0.05) is 37.2 Å². The Morgan fingerprint density at radius 1 is 0.333 bits per heavy atom. The molecular weight excluding hydrogens is 955 g/mol. The minimum atomic E-state index is 0.00571. The van der Waals surface area contributed by atoms with Crippen LogP contribution in [0.2, 0.25) is 0 Å². The molecule has 7 heteroatoms. The number of hydrogen-bond acceptors (Lipinski definition) is 5. The highest BCUT2D eigenvalue weighted by molar-refractivity contribution is 9.09. The van der Waals surface area contributed by atoms with Gasteiger partial charge in [-0.1, -0.05) is 288 Å². The van der Waals surface area contributed by atoms with Crippen molar-refractivity contribution in [3.05, 3.63) is 0 Å². The van der Waals surface area contributed by atoms with Gasteiger partial charge in [0.15, 0.2) is 0 Å². The van der Waals surface area contributed by atoms with E-state index in [-0.39, 0.29) is 11.9 Å². The lowest BCUT2D eigenvalue weighted by Crippen LogP contribution is -2.41. The molecule has 2 unspecified atom stereocenters. The second kappa shape index (κ2) is 57.6. The predicted molar refractivity (Wildman–Crippen MR) is 317 cm³/mol. The van der Waals surface area contributed by atoms with Crippen molar-refractivity contribution in [1.82, 2.24) is 4.90 Å². The molecule has 0 aliphatic carbocycles. The smallest absolute Gasteiger partial charge is 0.305 e. The molecule has 0 rings (SSSR count). The van der Waals surface area contributed by atoms with Crippen molar-refractivity contribution in [2.24, 2.45) is 11.8 Å². The van der Waals surface area contributed by atoms with E-state index in [1.54, 1.807) is 0 Å². The Balaban J connectivity index is 4.99. The third-order valence-corrected chi connectivity index (χ3v) is 16.3. The van der Waals surface area contributed by atoms with Gasteiger partial charge in [0.05, 0.1) is 13.2 Å². The molecule has 0 fully saturated rings. The summed E-state index contributed by atoms with van der Waals surface area (Å²) >= 11 is 3.59. The Bertz CT molecular complexity index is 1070. The van der Waals surface area contributed by atoms with E-state index >= 15 is 0 Å². The summed E-state index contributed by atoms with van der Waals surface area (Å²) in [5.74, 6) is 1.42. The van der Waals surface area contributed by atoms with E-state index in [0.29, 0.717) is 56.3 Å². The highest BCUT2D eigenvalue weighted by Crippen LogP contribution is 2.24. The average molecular weight is 1080 g/mol. The quantitative estimate of drug-likeness (QED) is 0.0345. The highest BCUT2D eigenvalue weighted by atomic mass is 79.9. The van der Waals surface area contributed by atoms with Crippen LogP contribution in [0.5, 0.6) is 0 Å². The van der Waals surface area contributed by atoms with Crippen molar-refractivity contribution >= 4 is 33.8 Å². The van der Waals surface area contributed by atoms with E-state index in [1.807, 2.05) is 0 Å². The zero-order valence-electron chi connectivity index (χ0n) is 49.3. The molecule has 6 nitrogen and oxygen atoms in total. The van der Waals surface area contributed by atoms with Crippen LogP contribution in [0, 0.1) is 11.8 Å². The number of rotatable bonds is 59. The second-order valence-electron chi connectivity index (χ2n) is 22.7. The monoisotopic (exact) mass is 1080 g/mol. The number of halogens is 1. The number of unbranched alkanes of at least 4 members (excludes halogenated alkanes) is 33. The molecule has 428 valence electrons. The van der Waals surface area contributed by atoms with Gasteiger partial charge >= 0.3 is 11.9 Å². The molecule has 0 saturated heterocycles. The number of carbonyl (C=O) groups excluding carboxylic acids is 3. The van der Waals surface area contributed by atoms with Crippen LogP contribution in [-0.2, 0) is 23.9 Å². The van der Waals surface area contributed by atoms with E-state index < -0.39 is 0 Å². The SMILES string of the molecule is CCCCCCCCCCN(C(=O)CCCBr)C(CCCCCCCCC(=O)OCC(CCCCCC)CCCCCCCC)CCCCCCCCC(=O)OCC(CCCCCC)CCCCCCCC. The first-order chi connectivity index (χ1) is 35.4. The first-order valence-corrected chi connectivity index (χ1v) is 33.6. The first kappa shape index (κ1) is 70.9. The van der Waals surface area contributed by atoms with Gasteiger partial charge in [0.2, 0.25) is 5.91 Å². The minimum absolute atomic E-state index is 0.00571. The van der Waals surface area contributed by atoms with Crippen molar-refractivity contribution in [3.63, 3.8) is 0 Å². The standard InChI is InChI=1S/C65H126BrNO5/c1-6-11-16-21-24-29-36-45-57-67(63(68)53-46-56-66)62(51-41-32-25-27-34-43-54-64(69)71-58-60(47-37-19-14-9-4)49-39-30-22-17-12-7-2)52-42-33-26-28-35-44-55-65(70)72-59-61(48-38-20-15-10-5)50-40-31-23-18-13-8-3/h60-62H,6-59H2,1-5H3. The molecule has 0 N–H and O–H groups in total. The van der Waals surface area contributed by atoms with Crippen LogP contribution in [0.3, 0.4) is 0 Å². The van der Waals surface area contributed by atoms with Crippen LogP contribution < -0.4 is 0 Å². The number of nitrogens with zero attached hydrogens (tertiary/aromatic N) is 1. The number of ether oxygens (including phenoxy) is 2. The van der Waals surface area contributed by atoms with Crippen molar-refractivity contribution in [2.75, 3.05) is 25.1 Å². The number of hydrogen-bond donors (Lipinski definition) is 0. The van der Waals surface area contributed by atoms with E-state index in [1.165, 1.54) is 250 Å². The molecule has 0 aliphatic heterocycles. The summed E-state index contributed by atoms with van der Waals surface area (Å²) in [4.78, 5) is 41.7. The van der Waals surface area contributed by atoms with Gasteiger partial charge in [0.25, 0.3) is 0 Å². The lowest BCUT2D eigenvalue weighted by Gasteiger charge is -2.33. The summed E-state index contributed by atoms with van der Waals surface area (Å²) in [6.45, 7) is 13.5. The summed E-state index contributed by atoms with van der Waals surface area (Å²) in [5.41, 5.74) is 0. The fourth-order valence-electron chi connectivity index (χ4n) is 10.8. The van der Waals surface area contributed by atoms with Crippen molar-refractivity contribution < 1.29 is 23.9 Å². The van der Waals surface area contributed by atoms with Gasteiger partial charge in [-0.2, -0.15) is 0 Å². The summed E-state index contributed by atoms with van der Waals surface area (Å²) in [6, 6.07) is 0.329. The van der Waals surface area contributed by atoms with Crippen molar-refractivity contribution in [1.29, 1.82) is 0 Å². The molecule has 0 heterocycles. The van der Waals surface area contributed by atoms with Crippen LogP contribution in [0.1, 0.15) is 356 Å². The minimum Gasteiger partial charge on any atom is -0.465 e. The van der Waals surface area contributed by atoms with E-state index in [4.69, 9.17) is 9.47 Å². The lowest BCUT2D eigenvalue weighted by atomic mass is 9.95. The molecule has 0 saturated carbocycles. The molecule has 0 bridgehead atoms. The fraction of sp³-hybridized carbons (Fsp3) is 0.954. The normalized spacial score (nSPS) is 12.8. The largest absolute Gasteiger partial charge is 0.465 e. The number of alkyl halides is 1. The summed E-state index contributed by atoms with van der Waals surface area (Å²) in [5, 5.41) is 0.877. The van der Waals surface area contributed by atoms with E-state index in [9.17, 15) is 14.4 Å². The Morgan fingerprint density at radius 2 is 0.611 bits per heavy atom. The molecule has 2 atom stereocenters. The number of esters is 2. The van der Waals surface area contributed by atoms with Crippen LogP contribution in [0.15, 0.2) is 0 Å².